The van der Waals surface area contributed by atoms with E-state index in [4.69, 9.17) is 28.4 Å². The molecule has 0 amide bonds. The topological polar surface area (TPSA) is 257 Å². The van der Waals surface area contributed by atoms with Crippen LogP contribution in [0.15, 0.2) is 0 Å². The third-order valence-corrected chi connectivity index (χ3v) is 11.8. The minimum absolute atomic E-state index is 0. The lowest BCUT2D eigenvalue weighted by atomic mass is 9.74. The largest absolute Gasteiger partial charge is 0.459 e. The van der Waals surface area contributed by atoms with Gasteiger partial charge in [0.05, 0.1) is 47.6 Å². The average molecular weight is 770 g/mol. The van der Waals surface area contributed by atoms with E-state index in [1.54, 1.807) is 41.5 Å². The molecule has 53 heavy (non-hydrogen) atoms. The normalized spacial score (nSPS) is 47.9. The standard InChI is InChI=1S/C37H67NO13.2H2O/c1-14-25-37(10,45)30(41)20(4)27(39)18(2)16-35(8,44)32(51-34-28(40)24(38(11)12)15-19(3)47-34)21(5)29(22(6)33(43)49-25)50-26-17-36(9,46-13)31(42)23(7)48-26;;/h18-26,28-32,34,40-42,44-45H,14-17H2,1-13H3;2*1H2. The number of likely N-dealkylation sites (N-methyl/N-ethyl adjacent to an activating group) is 1. The van der Waals surface area contributed by atoms with Gasteiger partial charge in [-0.05, 0) is 74.9 Å². The molecule has 0 aliphatic carbocycles. The Bertz CT molecular complexity index is 1170. The molecule has 3 rings (SSSR count). The Balaban J connectivity index is 0.00000702. The summed E-state index contributed by atoms with van der Waals surface area (Å²) in [6.45, 7) is 16.3. The minimum Gasteiger partial charge on any atom is -0.459 e. The maximum atomic E-state index is 14.1. The van der Waals surface area contributed by atoms with E-state index in [0.29, 0.717) is 6.42 Å². The molecule has 3 heterocycles. The molecule has 0 aromatic rings. The Hall–Kier alpha value is -1.38. The molecule has 3 fully saturated rings. The first-order valence-electron chi connectivity index (χ1n) is 18.5. The molecular weight excluding hydrogens is 698 g/mol. The van der Waals surface area contributed by atoms with Crippen LogP contribution in [0.25, 0.3) is 0 Å². The number of methoxy groups -OCH3 is 1. The van der Waals surface area contributed by atoms with Gasteiger partial charge >= 0.3 is 5.97 Å². The van der Waals surface area contributed by atoms with Crippen LogP contribution in [0.5, 0.6) is 0 Å². The maximum absolute atomic E-state index is 14.1. The second-order valence-electron chi connectivity index (χ2n) is 16.5. The maximum Gasteiger partial charge on any atom is 0.311 e. The summed E-state index contributed by atoms with van der Waals surface area (Å²) in [5.41, 5.74) is -4.84. The fraction of sp³-hybridized carbons (Fsp3) is 0.946. The van der Waals surface area contributed by atoms with Crippen molar-refractivity contribution in [2.45, 2.75) is 179 Å². The molecule has 3 aliphatic rings. The molecule has 3 aliphatic heterocycles. The molecule has 0 spiro atoms. The summed E-state index contributed by atoms with van der Waals surface area (Å²) in [6.07, 6.45) is -9.71. The van der Waals surface area contributed by atoms with Crippen LogP contribution >= 0.6 is 0 Å². The fourth-order valence-electron chi connectivity index (χ4n) is 8.41. The Morgan fingerprint density at radius 1 is 0.868 bits per heavy atom. The number of hydrogen-bond acceptors (Lipinski definition) is 14. The number of esters is 1. The third kappa shape index (κ3) is 10.7. The van der Waals surface area contributed by atoms with Gasteiger partial charge in [-0.3, -0.25) is 9.59 Å². The molecule has 16 heteroatoms. The highest BCUT2D eigenvalue weighted by Gasteiger charge is 2.53. The lowest BCUT2D eigenvalue weighted by molar-refractivity contribution is -0.318. The molecule has 18 atom stereocenters. The quantitative estimate of drug-likeness (QED) is 0.216. The van der Waals surface area contributed by atoms with E-state index in [0.717, 1.165) is 0 Å². The molecule has 18 unspecified atom stereocenters. The van der Waals surface area contributed by atoms with Crippen LogP contribution in [0.4, 0.5) is 0 Å². The van der Waals surface area contributed by atoms with Gasteiger partial charge in [0, 0.05) is 37.3 Å². The van der Waals surface area contributed by atoms with Gasteiger partial charge in [0.1, 0.15) is 29.7 Å². The van der Waals surface area contributed by atoms with Crippen molar-refractivity contribution in [1.29, 1.82) is 0 Å². The molecule has 0 radical (unpaired) electrons. The number of ether oxygens (including phenoxy) is 6. The Morgan fingerprint density at radius 3 is 1.98 bits per heavy atom. The van der Waals surface area contributed by atoms with E-state index in [1.807, 2.05) is 25.9 Å². The minimum atomic E-state index is -1.99. The summed E-state index contributed by atoms with van der Waals surface area (Å²) in [4.78, 5) is 29.8. The smallest absolute Gasteiger partial charge is 0.311 e. The number of aliphatic hydroxyl groups excluding tert-OH is 3. The highest BCUT2D eigenvalue weighted by molar-refractivity contribution is 5.83. The van der Waals surface area contributed by atoms with Crippen LogP contribution in [-0.4, -0.2) is 159 Å². The number of aliphatic hydroxyl groups is 5. The predicted octanol–water partition coefficient (Wildman–Crippen LogP) is 0.136. The number of Topliss-reactive ketones (excluding diaryl/α,β-unsaturated/α-hetero) is 1. The zero-order valence-electron chi connectivity index (χ0n) is 33.9. The van der Waals surface area contributed by atoms with Gasteiger partial charge in [-0.1, -0.05) is 27.7 Å². The molecule has 3 saturated heterocycles. The van der Waals surface area contributed by atoms with Gasteiger partial charge in [0.15, 0.2) is 12.6 Å². The zero-order valence-corrected chi connectivity index (χ0v) is 33.9. The summed E-state index contributed by atoms with van der Waals surface area (Å²) in [5.74, 6) is -4.98. The van der Waals surface area contributed by atoms with Gasteiger partial charge in [-0.15, -0.1) is 0 Å². The molecule has 0 aromatic heterocycles. The molecule has 16 nitrogen and oxygen atoms in total. The average Bonchev–Trinajstić information content (AvgIpc) is 3.05. The van der Waals surface area contributed by atoms with Gasteiger partial charge in [-0.2, -0.15) is 0 Å². The van der Waals surface area contributed by atoms with E-state index < -0.39 is 108 Å². The highest BCUT2D eigenvalue weighted by atomic mass is 16.7. The van der Waals surface area contributed by atoms with Crippen LogP contribution in [0, 0.1) is 23.7 Å². The molecule has 0 bridgehead atoms. The first kappa shape index (κ1) is 49.6. The SMILES string of the molecule is CCC1OC(=O)C(C)C(OC2CC(C)(OC)C(O)C(C)O2)C(C)C(OC2OC(C)CC(N(C)C)C2O)C(C)(O)CC(C)C(=O)C(C)C(O)C1(C)O.O.O. The van der Waals surface area contributed by atoms with Crippen molar-refractivity contribution in [3.8, 4) is 0 Å². The van der Waals surface area contributed by atoms with Gasteiger partial charge < -0.3 is 69.8 Å². The molecule has 9 N–H and O–H groups in total. The van der Waals surface area contributed by atoms with E-state index in [-0.39, 0.29) is 42.4 Å². The van der Waals surface area contributed by atoms with Crippen molar-refractivity contribution in [2.75, 3.05) is 21.2 Å². The summed E-state index contributed by atoms with van der Waals surface area (Å²) < 4.78 is 37.1. The number of nitrogens with zero attached hydrogens (tertiary/aromatic N) is 1. The lowest BCUT2D eigenvalue weighted by Gasteiger charge is -2.49. The van der Waals surface area contributed by atoms with E-state index in [1.165, 1.54) is 27.9 Å². The predicted molar refractivity (Wildman–Crippen MR) is 193 cm³/mol. The lowest BCUT2D eigenvalue weighted by Crippen LogP contribution is -2.61. The number of rotatable bonds is 7. The third-order valence-electron chi connectivity index (χ3n) is 11.8. The van der Waals surface area contributed by atoms with Crippen molar-refractivity contribution >= 4 is 11.8 Å². The zero-order chi connectivity index (χ0) is 39.0. The molecule has 314 valence electrons. The van der Waals surface area contributed by atoms with Gasteiger partial charge in [0.25, 0.3) is 0 Å². The fourth-order valence-corrected chi connectivity index (χ4v) is 8.41. The second-order valence-corrected chi connectivity index (χ2v) is 16.5. The van der Waals surface area contributed by atoms with E-state index in [2.05, 4.69) is 0 Å². The van der Waals surface area contributed by atoms with Crippen LogP contribution in [0.3, 0.4) is 0 Å². The van der Waals surface area contributed by atoms with Crippen LogP contribution < -0.4 is 0 Å². The van der Waals surface area contributed by atoms with E-state index in [9.17, 15) is 35.1 Å². The number of ketones is 1. The van der Waals surface area contributed by atoms with Crippen molar-refractivity contribution in [3.05, 3.63) is 0 Å². The summed E-state index contributed by atoms with van der Waals surface area (Å²) in [7, 11) is 5.18. The molecule has 0 aromatic carbocycles. The number of hydrogen-bond donors (Lipinski definition) is 5. The van der Waals surface area contributed by atoms with Crippen molar-refractivity contribution in [2.24, 2.45) is 23.7 Å². The number of carbonyl (C=O) groups is 2. The van der Waals surface area contributed by atoms with E-state index >= 15 is 0 Å². The number of cyclic esters (lactones) is 1. The number of carbonyl (C=O) groups excluding carboxylic acids is 2. The Kier molecular flexibility index (Phi) is 18.0. The van der Waals surface area contributed by atoms with Crippen molar-refractivity contribution < 1.29 is 74.5 Å². The Labute approximate surface area is 315 Å². The summed E-state index contributed by atoms with van der Waals surface area (Å²) in [5, 5.41) is 57.6. The first-order chi connectivity index (χ1) is 23.4. The van der Waals surface area contributed by atoms with Gasteiger partial charge in [-0.25, -0.2) is 0 Å². The first-order valence-corrected chi connectivity index (χ1v) is 18.5. The highest BCUT2D eigenvalue weighted by Crippen LogP contribution is 2.40. The van der Waals surface area contributed by atoms with Crippen molar-refractivity contribution in [1.82, 2.24) is 4.90 Å². The van der Waals surface area contributed by atoms with Crippen LogP contribution in [0.2, 0.25) is 0 Å². The van der Waals surface area contributed by atoms with Crippen LogP contribution in [-0.2, 0) is 38.0 Å². The summed E-state index contributed by atoms with van der Waals surface area (Å²) in [6, 6.07) is -0.324. The van der Waals surface area contributed by atoms with Gasteiger partial charge in [0.2, 0.25) is 0 Å². The summed E-state index contributed by atoms with van der Waals surface area (Å²) >= 11 is 0. The van der Waals surface area contributed by atoms with Crippen LogP contribution in [0.1, 0.15) is 94.9 Å². The molecule has 0 saturated carbocycles. The molecular formula is C37H71NO15. The van der Waals surface area contributed by atoms with Crippen molar-refractivity contribution in [3.63, 3.8) is 0 Å². The Morgan fingerprint density at radius 2 is 1.45 bits per heavy atom. The monoisotopic (exact) mass is 769 g/mol. The second kappa shape index (κ2) is 19.2.